The van der Waals surface area contributed by atoms with Gasteiger partial charge in [0.1, 0.15) is 5.82 Å². The average molecular weight is 377 g/mol. The maximum absolute atomic E-state index is 12.9. The van der Waals surface area contributed by atoms with E-state index in [-0.39, 0.29) is 18.7 Å². The van der Waals surface area contributed by atoms with E-state index in [0.717, 1.165) is 6.42 Å². The number of esters is 1. The first-order valence-corrected chi connectivity index (χ1v) is 8.42. The van der Waals surface area contributed by atoms with Crippen LogP contribution in [0.25, 0.3) is 11.3 Å². The van der Waals surface area contributed by atoms with Gasteiger partial charge in [0, 0.05) is 18.5 Å². The molecule has 144 valence electrons. The Morgan fingerprint density at radius 1 is 1.22 bits per heavy atom. The highest BCUT2D eigenvalue weighted by Gasteiger charge is 2.13. The van der Waals surface area contributed by atoms with Crippen LogP contribution in [0, 0.1) is 5.82 Å². The zero-order valence-electron chi connectivity index (χ0n) is 14.8. The molecule has 2 rings (SSSR count). The second-order valence-electron chi connectivity index (χ2n) is 5.59. The fraction of sp³-hybridized carbons (Fsp3) is 0.333. The number of nitrogens with one attached hydrogen (secondary N) is 2. The Labute approximate surface area is 155 Å². The number of benzene rings is 1. The van der Waals surface area contributed by atoms with E-state index in [1.165, 1.54) is 18.3 Å². The number of aryl methyl sites for hydroxylation is 1. The number of imide groups is 1. The summed E-state index contributed by atoms with van der Waals surface area (Å²) in [5.74, 6) is -0.925. The number of aromatic nitrogens is 1. The van der Waals surface area contributed by atoms with Gasteiger partial charge in [-0.3, -0.25) is 14.9 Å². The molecule has 2 N–H and O–H groups in total. The van der Waals surface area contributed by atoms with Crippen LogP contribution in [0.3, 0.4) is 0 Å². The molecule has 1 aromatic heterocycles. The first-order chi connectivity index (χ1) is 13.0. The minimum atomic E-state index is -0.716. The van der Waals surface area contributed by atoms with E-state index >= 15 is 0 Å². The molecule has 0 aliphatic heterocycles. The Hall–Kier alpha value is -3.23. The first kappa shape index (κ1) is 20.1. The molecule has 0 saturated heterocycles. The smallest absolute Gasteiger partial charge is 0.321 e. The number of rotatable bonds is 8. The normalized spacial score (nSPS) is 10.3. The Morgan fingerprint density at radius 3 is 2.67 bits per heavy atom. The van der Waals surface area contributed by atoms with Crippen molar-refractivity contribution in [2.75, 3.05) is 13.2 Å². The van der Waals surface area contributed by atoms with Crippen molar-refractivity contribution in [2.45, 2.75) is 26.2 Å². The Balaban J connectivity index is 1.72. The molecule has 0 aliphatic rings. The molecule has 9 heteroatoms. The third-order valence-corrected chi connectivity index (χ3v) is 3.38. The summed E-state index contributed by atoms with van der Waals surface area (Å²) in [7, 11) is 0. The van der Waals surface area contributed by atoms with Crippen LogP contribution in [0.5, 0.6) is 0 Å². The van der Waals surface area contributed by atoms with E-state index in [0.29, 0.717) is 23.8 Å². The molecule has 0 unspecified atom stereocenters. The Morgan fingerprint density at radius 2 is 1.96 bits per heavy atom. The van der Waals surface area contributed by atoms with Gasteiger partial charge in [-0.15, -0.1) is 0 Å². The van der Waals surface area contributed by atoms with Crippen molar-refractivity contribution >= 4 is 17.9 Å². The fourth-order valence-corrected chi connectivity index (χ4v) is 2.05. The fourth-order valence-electron chi connectivity index (χ4n) is 2.05. The number of hydrogen-bond donors (Lipinski definition) is 2. The average Bonchev–Trinajstić information content (AvgIpc) is 3.12. The number of urea groups is 1. The highest BCUT2D eigenvalue weighted by molar-refractivity contribution is 5.95. The number of hydrogen-bond acceptors (Lipinski definition) is 6. The van der Waals surface area contributed by atoms with Crippen LogP contribution < -0.4 is 10.6 Å². The van der Waals surface area contributed by atoms with Crippen molar-refractivity contribution in [3.8, 4) is 11.3 Å². The van der Waals surface area contributed by atoms with Gasteiger partial charge in [0.25, 0.3) is 5.91 Å². The van der Waals surface area contributed by atoms with Gasteiger partial charge in [-0.2, -0.15) is 0 Å². The molecule has 27 heavy (non-hydrogen) atoms. The van der Waals surface area contributed by atoms with Crippen LogP contribution in [0.2, 0.25) is 0 Å². The molecule has 0 bridgehead atoms. The molecule has 0 radical (unpaired) electrons. The Kier molecular flexibility index (Phi) is 7.48. The highest BCUT2D eigenvalue weighted by atomic mass is 19.1. The van der Waals surface area contributed by atoms with Crippen molar-refractivity contribution in [3.05, 3.63) is 42.2 Å². The number of nitrogens with zero attached hydrogens (tertiary/aromatic N) is 1. The quantitative estimate of drug-likeness (QED) is 0.683. The van der Waals surface area contributed by atoms with Gasteiger partial charge in [-0.1, -0.05) is 6.92 Å². The lowest BCUT2D eigenvalue weighted by molar-refractivity contribution is -0.148. The van der Waals surface area contributed by atoms with Crippen LogP contribution in [-0.2, 0) is 20.7 Å². The van der Waals surface area contributed by atoms with Crippen LogP contribution in [0.1, 0.15) is 25.7 Å². The lowest BCUT2D eigenvalue weighted by Gasteiger charge is -2.06. The Bertz CT molecular complexity index is 789. The van der Waals surface area contributed by atoms with E-state index < -0.39 is 24.5 Å². The van der Waals surface area contributed by atoms with Crippen molar-refractivity contribution in [2.24, 2.45) is 0 Å². The molecule has 3 amide bonds. The van der Waals surface area contributed by atoms with Gasteiger partial charge in [0.05, 0.1) is 12.6 Å². The molecule has 0 aliphatic carbocycles. The lowest BCUT2D eigenvalue weighted by atomic mass is 10.2. The predicted octanol–water partition coefficient (Wildman–Crippen LogP) is 2.19. The van der Waals surface area contributed by atoms with Crippen molar-refractivity contribution in [1.29, 1.82) is 0 Å². The van der Waals surface area contributed by atoms with Gasteiger partial charge in [-0.05, 0) is 30.7 Å². The summed E-state index contributed by atoms with van der Waals surface area (Å²) >= 11 is 0. The van der Waals surface area contributed by atoms with Gasteiger partial charge < -0.3 is 14.5 Å². The standard InChI is InChI=1S/C18H20FN3O5/c1-2-9-20-18(25)22-15(23)11-26-17(24)8-7-16-21-10-14(27-16)12-3-5-13(19)6-4-12/h3-6,10H,2,7-9,11H2,1H3,(H2,20,22,23,25). The maximum Gasteiger partial charge on any atom is 0.321 e. The summed E-state index contributed by atoms with van der Waals surface area (Å²) in [5.41, 5.74) is 0.663. The molecule has 0 fully saturated rings. The molecular weight excluding hydrogens is 357 g/mol. The van der Waals surface area contributed by atoms with Crippen molar-refractivity contribution in [3.63, 3.8) is 0 Å². The van der Waals surface area contributed by atoms with E-state index in [1.54, 1.807) is 12.1 Å². The van der Waals surface area contributed by atoms with E-state index in [9.17, 15) is 18.8 Å². The summed E-state index contributed by atoms with van der Waals surface area (Å²) in [5, 5.41) is 4.51. The molecule has 0 atom stereocenters. The van der Waals surface area contributed by atoms with Crippen LogP contribution in [-0.4, -0.2) is 36.0 Å². The first-order valence-electron chi connectivity index (χ1n) is 8.42. The number of halogens is 1. The number of carbonyl (C=O) groups excluding carboxylic acids is 3. The summed E-state index contributed by atoms with van der Waals surface area (Å²) in [6.45, 7) is 1.76. The van der Waals surface area contributed by atoms with E-state index in [4.69, 9.17) is 9.15 Å². The number of amides is 3. The van der Waals surface area contributed by atoms with Crippen molar-refractivity contribution in [1.82, 2.24) is 15.6 Å². The third kappa shape index (κ3) is 6.89. The maximum atomic E-state index is 12.9. The SMILES string of the molecule is CCCNC(=O)NC(=O)COC(=O)CCc1ncc(-c2ccc(F)cc2)o1. The molecule has 0 saturated carbocycles. The van der Waals surface area contributed by atoms with Gasteiger partial charge in [0.2, 0.25) is 0 Å². The largest absolute Gasteiger partial charge is 0.456 e. The third-order valence-electron chi connectivity index (χ3n) is 3.38. The van der Waals surface area contributed by atoms with E-state index in [1.807, 2.05) is 12.2 Å². The molecule has 8 nitrogen and oxygen atoms in total. The van der Waals surface area contributed by atoms with E-state index in [2.05, 4.69) is 10.3 Å². The monoisotopic (exact) mass is 377 g/mol. The summed E-state index contributed by atoms with van der Waals surface area (Å²) in [4.78, 5) is 38.5. The van der Waals surface area contributed by atoms with Crippen molar-refractivity contribution < 1.29 is 27.9 Å². The van der Waals surface area contributed by atoms with Crippen LogP contribution in [0.15, 0.2) is 34.9 Å². The summed E-state index contributed by atoms with van der Waals surface area (Å²) < 4.78 is 23.2. The predicted molar refractivity (Wildman–Crippen MR) is 93.0 cm³/mol. The molecule has 1 heterocycles. The van der Waals surface area contributed by atoms with Gasteiger partial charge in [-0.25, -0.2) is 14.2 Å². The van der Waals surface area contributed by atoms with Gasteiger partial charge in [0.15, 0.2) is 18.3 Å². The lowest BCUT2D eigenvalue weighted by Crippen LogP contribution is -2.41. The highest BCUT2D eigenvalue weighted by Crippen LogP contribution is 2.21. The molecule has 2 aromatic rings. The second-order valence-corrected chi connectivity index (χ2v) is 5.59. The minimum absolute atomic E-state index is 0.0430. The minimum Gasteiger partial charge on any atom is -0.456 e. The summed E-state index contributed by atoms with van der Waals surface area (Å²) in [6, 6.07) is 5.10. The van der Waals surface area contributed by atoms with Crippen LogP contribution in [0.4, 0.5) is 9.18 Å². The number of oxazole rings is 1. The zero-order valence-corrected chi connectivity index (χ0v) is 14.8. The molecule has 1 aromatic carbocycles. The molecule has 0 spiro atoms. The van der Waals surface area contributed by atoms with Crippen LogP contribution >= 0.6 is 0 Å². The second kappa shape index (κ2) is 10.0. The zero-order chi connectivity index (χ0) is 19.6. The number of carbonyl (C=O) groups is 3. The summed E-state index contributed by atoms with van der Waals surface area (Å²) in [6.07, 6.45) is 2.36. The molecular formula is C18H20FN3O5. The topological polar surface area (TPSA) is 111 Å². The van der Waals surface area contributed by atoms with Gasteiger partial charge >= 0.3 is 12.0 Å². The number of ether oxygens (including phenoxy) is 1.